The van der Waals surface area contributed by atoms with Crippen LogP contribution >= 0.6 is 0 Å². The lowest BCUT2D eigenvalue weighted by atomic mass is 9.93. The molecule has 0 heterocycles. The summed E-state index contributed by atoms with van der Waals surface area (Å²) in [6, 6.07) is 19.1. The van der Waals surface area contributed by atoms with Crippen molar-refractivity contribution in [2.45, 2.75) is 32.3 Å². The number of aliphatic hydroxyl groups is 1. The Bertz CT molecular complexity index is 820. The molecule has 0 radical (unpaired) electrons. The van der Waals surface area contributed by atoms with E-state index in [1.165, 1.54) is 27.5 Å². The second kappa shape index (κ2) is 5.26. The van der Waals surface area contributed by atoms with Crippen LogP contribution in [0, 0.1) is 0 Å². The van der Waals surface area contributed by atoms with Crippen molar-refractivity contribution in [3.63, 3.8) is 0 Å². The maximum absolute atomic E-state index is 10.9. The molecular formula is C21H20O. The Hall–Kier alpha value is -2.12. The van der Waals surface area contributed by atoms with E-state index >= 15 is 0 Å². The fourth-order valence-electron chi connectivity index (χ4n) is 3.62. The van der Waals surface area contributed by atoms with Gasteiger partial charge in [0.1, 0.15) is 6.10 Å². The van der Waals surface area contributed by atoms with Gasteiger partial charge in [0.05, 0.1) is 0 Å². The monoisotopic (exact) mass is 288 g/mol. The molecule has 3 aromatic carbocycles. The van der Waals surface area contributed by atoms with Gasteiger partial charge in [-0.3, -0.25) is 0 Å². The van der Waals surface area contributed by atoms with Crippen LogP contribution in [0.5, 0.6) is 0 Å². The van der Waals surface area contributed by atoms with Crippen LogP contribution in [0.2, 0.25) is 0 Å². The molecule has 0 aromatic heterocycles. The first-order chi connectivity index (χ1) is 10.8. The highest BCUT2D eigenvalue weighted by Gasteiger charge is 2.19. The van der Waals surface area contributed by atoms with E-state index in [9.17, 15) is 5.11 Å². The van der Waals surface area contributed by atoms with Gasteiger partial charge in [-0.25, -0.2) is 0 Å². The smallest absolute Gasteiger partial charge is 0.105 e. The van der Waals surface area contributed by atoms with Gasteiger partial charge in [0.2, 0.25) is 0 Å². The first-order valence-corrected chi connectivity index (χ1v) is 8.08. The summed E-state index contributed by atoms with van der Waals surface area (Å²) in [4.78, 5) is 0. The summed E-state index contributed by atoms with van der Waals surface area (Å²) < 4.78 is 0. The van der Waals surface area contributed by atoms with E-state index in [0.717, 1.165) is 30.4 Å². The van der Waals surface area contributed by atoms with Crippen molar-refractivity contribution in [3.05, 3.63) is 82.4 Å². The minimum atomic E-state index is -0.559. The number of aryl methyl sites for hydroxylation is 3. The average molecular weight is 288 g/mol. The quantitative estimate of drug-likeness (QED) is 0.748. The summed E-state index contributed by atoms with van der Waals surface area (Å²) >= 11 is 0. The van der Waals surface area contributed by atoms with Gasteiger partial charge in [0.15, 0.2) is 0 Å². The SMILES string of the molecule is CCc1ccc([C@@H](O)c2ccc3c4c(cccc24)CC3)cc1. The van der Waals surface area contributed by atoms with E-state index in [-0.39, 0.29) is 0 Å². The highest BCUT2D eigenvalue weighted by atomic mass is 16.3. The lowest BCUT2D eigenvalue weighted by Crippen LogP contribution is -2.01. The molecule has 0 unspecified atom stereocenters. The third-order valence-electron chi connectivity index (χ3n) is 4.91. The van der Waals surface area contributed by atoms with E-state index in [0.29, 0.717) is 0 Å². The molecule has 1 atom stereocenters. The van der Waals surface area contributed by atoms with Crippen molar-refractivity contribution in [1.82, 2.24) is 0 Å². The number of rotatable bonds is 3. The van der Waals surface area contributed by atoms with Crippen LogP contribution in [0.3, 0.4) is 0 Å². The summed E-state index contributed by atoms with van der Waals surface area (Å²) in [7, 11) is 0. The first kappa shape index (κ1) is 13.5. The molecule has 0 amide bonds. The fourth-order valence-corrected chi connectivity index (χ4v) is 3.62. The molecule has 0 spiro atoms. The van der Waals surface area contributed by atoms with Crippen molar-refractivity contribution < 1.29 is 5.11 Å². The predicted octanol–water partition coefficient (Wildman–Crippen LogP) is 4.58. The van der Waals surface area contributed by atoms with Gasteiger partial charge in [-0.2, -0.15) is 0 Å². The van der Waals surface area contributed by atoms with E-state index in [4.69, 9.17) is 0 Å². The molecule has 0 bridgehead atoms. The molecule has 1 N–H and O–H groups in total. The zero-order valence-corrected chi connectivity index (χ0v) is 12.8. The Balaban J connectivity index is 1.83. The molecular weight excluding hydrogens is 268 g/mol. The molecule has 0 aliphatic heterocycles. The highest BCUT2D eigenvalue weighted by molar-refractivity contribution is 5.93. The fraction of sp³-hybridized carbons (Fsp3) is 0.238. The van der Waals surface area contributed by atoms with Gasteiger partial charge in [-0.15, -0.1) is 0 Å². The van der Waals surface area contributed by atoms with Gasteiger partial charge < -0.3 is 5.11 Å². The number of hydrogen-bond donors (Lipinski definition) is 1. The van der Waals surface area contributed by atoms with Crippen molar-refractivity contribution in [2.24, 2.45) is 0 Å². The summed E-state index contributed by atoms with van der Waals surface area (Å²) in [5.74, 6) is 0. The van der Waals surface area contributed by atoms with Crippen LogP contribution in [0.4, 0.5) is 0 Å². The number of hydrogen-bond acceptors (Lipinski definition) is 1. The maximum Gasteiger partial charge on any atom is 0.105 e. The zero-order valence-electron chi connectivity index (χ0n) is 12.8. The highest BCUT2D eigenvalue weighted by Crippen LogP contribution is 2.36. The van der Waals surface area contributed by atoms with E-state index < -0.39 is 6.10 Å². The molecule has 0 saturated heterocycles. The van der Waals surface area contributed by atoms with Crippen molar-refractivity contribution in [3.8, 4) is 0 Å². The van der Waals surface area contributed by atoms with E-state index in [1.807, 2.05) is 12.1 Å². The lowest BCUT2D eigenvalue weighted by Gasteiger charge is -2.16. The average Bonchev–Trinajstić information content (AvgIpc) is 3.00. The standard InChI is InChI=1S/C21H20O/c1-2-14-6-8-17(9-7-14)21(22)19-13-12-16-11-10-15-4-3-5-18(19)20(15)16/h3-9,12-13,21-22H,2,10-11H2,1H3/t21-/m1/s1. The van der Waals surface area contributed by atoms with Crippen LogP contribution in [0.1, 0.15) is 40.8 Å². The molecule has 110 valence electrons. The number of aliphatic hydroxyl groups excluding tert-OH is 1. The molecule has 0 fully saturated rings. The first-order valence-electron chi connectivity index (χ1n) is 8.08. The van der Waals surface area contributed by atoms with Crippen LogP contribution < -0.4 is 0 Å². The second-order valence-electron chi connectivity index (χ2n) is 6.15. The minimum Gasteiger partial charge on any atom is -0.384 e. The van der Waals surface area contributed by atoms with Gasteiger partial charge in [0, 0.05) is 0 Å². The molecule has 1 aliphatic carbocycles. The normalized spacial score (nSPS) is 14.5. The van der Waals surface area contributed by atoms with Gasteiger partial charge >= 0.3 is 0 Å². The predicted molar refractivity (Wildman–Crippen MR) is 91.2 cm³/mol. The maximum atomic E-state index is 10.9. The molecule has 3 aromatic rings. The van der Waals surface area contributed by atoms with Gasteiger partial charge in [-0.05, 0) is 57.9 Å². The molecule has 1 heteroatoms. The molecule has 1 nitrogen and oxygen atoms in total. The van der Waals surface area contributed by atoms with Crippen LogP contribution in [0.15, 0.2) is 54.6 Å². The molecule has 4 rings (SSSR count). The zero-order chi connectivity index (χ0) is 15.1. The minimum absolute atomic E-state index is 0.559. The van der Waals surface area contributed by atoms with Crippen LogP contribution in [-0.4, -0.2) is 5.11 Å². The topological polar surface area (TPSA) is 20.2 Å². The van der Waals surface area contributed by atoms with Crippen LogP contribution in [-0.2, 0) is 19.3 Å². The lowest BCUT2D eigenvalue weighted by molar-refractivity contribution is 0.222. The van der Waals surface area contributed by atoms with Gasteiger partial charge in [0.25, 0.3) is 0 Å². The number of benzene rings is 3. The Labute approximate surface area is 131 Å². The summed E-state index contributed by atoms with van der Waals surface area (Å²) in [6.45, 7) is 2.15. The van der Waals surface area contributed by atoms with Crippen molar-refractivity contribution >= 4 is 10.8 Å². The Morgan fingerprint density at radius 1 is 0.909 bits per heavy atom. The third kappa shape index (κ3) is 2.05. The second-order valence-corrected chi connectivity index (χ2v) is 6.15. The summed E-state index contributed by atoms with van der Waals surface area (Å²) in [5, 5.41) is 13.4. The molecule has 1 aliphatic rings. The van der Waals surface area contributed by atoms with Gasteiger partial charge in [-0.1, -0.05) is 61.5 Å². The van der Waals surface area contributed by atoms with E-state index in [2.05, 4.69) is 49.4 Å². The van der Waals surface area contributed by atoms with Crippen LogP contribution in [0.25, 0.3) is 10.8 Å². The molecule has 22 heavy (non-hydrogen) atoms. The third-order valence-corrected chi connectivity index (χ3v) is 4.91. The largest absolute Gasteiger partial charge is 0.384 e. The Kier molecular flexibility index (Phi) is 3.24. The Morgan fingerprint density at radius 3 is 2.36 bits per heavy atom. The Morgan fingerprint density at radius 2 is 1.64 bits per heavy atom. The molecule has 0 saturated carbocycles. The summed E-state index contributed by atoms with van der Waals surface area (Å²) in [6.07, 6.45) is 2.71. The van der Waals surface area contributed by atoms with Crippen molar-refractivity contribution in [1.29, 1.82) is 0 Å². The van der Waals surface area contributed by atoms with Crippen molar-refractivity contribution in [2.75, 3.05) is 0 Å². The summed E-state index contributed by atoms with van der Waals surface area (Å²) in [5.41, 5.74) is 6.13. The van der Waals surface area contributed by atoms with E-state index in [1.54, 1.807) is 0 Å².